The fourth-order valence-corrected chi connectivity index (χ4v) is 2.82. The highest BCUT2D eigenvalue weighted by Gasteiger charge is 2.20. The molecular weight excluding hydrogens is 292 g/mol. The van der Waals surface area contributed by atoms with Gasteiger partial charge in [-0.2, -0.15) is 0 Å². The van der Waals surface area contributed by atoms with Crippen molar-refractivity contribution in [1.29, 1.82) is 0 Å². The largest absolute Gasteiger partial charge is 0.491 e. The first-order chi connectivity index (χ1) is 11.3. The molecule has 1 aliphatic carbocycles. The lowest BCUT2D eigenvalue weighted by Gasteiger charge is -2.20. The number of amides is 1. The Morgan fingerprint density at radius 1 is 1.17 bits per heavy atom. The second-order valence-corrected chi connectivity index (χ2v) is 6.11. The Morgan fingerprint density at radius 3 is 2.65 bits per heavy atom. The van der Waals surface area contributed by atoms with E-state index >= 15 is 0 Å². The number of aliphatic hydroxyl groups is 1. The van der Waals surface area contributed by atoms with Crippen LogP contribution in [0.4, 0.5) is 0 Å². The van der Waals surface area contributed by atoms with Gasteiger partial charge in [0.1, 0.15) is 18.5 Å². The Kier molecular flexibility index (Phi) is 7.90. The van der Waals surface area contributed by atoms with Crippen molar-refractivity contribution >= 4 is 5.91 Å². The molecule has 0 aliphatic heterocycles. The Labute approximate surface area is 138 Å². The Hall–Kier alpha value is -1.59. The molecule has 23 heavy (non-hydrogen) atoms. The van der Waals surface area contributed by atoms with Crippen LogP contribution in [-0.4, -0.2) is 43.4 Å². The molecule has 1 atom stereocenters. The predicted molar refractivity (Wildman–Crippen MR) is 90.4 cm³/mol. The zero-order chi connectivity index (χ0) is 16.3. The minimum absolute atomic E-state index is 0.180. The summed E-state index contributed by atoms with van der Waals surface area (Å²) in [5.41, 5.74) is 0. The number of hydrogen-bond donors (Lipinski definition) is 3. The number of ether oxygens (including phenoxy) is 1. The standard InChI is InChI=1S/C18H28N2O3/c21-16(14-23-17-9-5-2-6-10-17)13-19-11-12-20-18(22)15-7-3-1-4-8-15/h2,5-6,9-10,15-16,19,21H,1,3-4,7-8,11-14H2,(H,20,22)/t16-/m0/s1. The number of hydrogen-bond acceptors (Lipinski definition) is 4. The minimum atomic E-state index is -0.566. The lowest BCUT2D eigenvalue weighted by molar-refractivity contribution is -0.125. The summed E-state index contributed by atoms with van der Waals surface area (Å²) in [6.07, 6.45) is 5.08. The summed E-state index contributed by atoms with van der Waals surface area (Å²) in [5.74, 6) is 1.14. The number of carbonyl (C=O) groups excluding carboxylic acids is 1. The summed E-state index contributed by atoms with van der Waals surface area (Å²) in [4.78, 5) is 11.9. The fraction of sp³-hybridized carbons (Fsp3) is 0.611. The van der Waals surface area contributed by atoms with E-state index in [-0.39, 0.29) is 18.4 Å². The molecule has 1 fully saturated rings. The highest BCUT2D eigenvalue weighted by molar-refractivity contribution is 5.78. The number of nitrogens with one attached hydrogen (secondary N) is 2. The van der Waals surface area contributed by atoms with Gasteiger partial charge in [-0.15, -0.1) is 0 Å². The van der Waals surface area contributed by atoms with Crippen LogP contribution in [0.25, 0.3) is 0 Å². The molecule has 0 radical (unpaired) electrons. The van der Waals surface area contributed by atoms with Crippen molar-refractivity contribution in [2.75, 3.05) is 26.2 Å². The summed E-state index contributed by atoms with van der Waals surface area (Å²) >= 11 is 0. The summed E-state index contributed by atoms with van der Waals surface area (Å²) < 4.78 is 5.48. The first kappa shape index (κ1) is 17.8. The van der Waals surface area contributed by atoms with E-state index in [1.54, 1.807) is 0 Å². The Morgan fingerprint density at radius 2 is 1.91 bits per heavy atom. The molecule has 0 unspecified atom stereocenters. The second kappa shape index (κ2) is 10.2. The van der Waals surface area contributed by atoms with Crippen molar-refractivity contribution < 1.29 is 14.6 Å². The van der Waals surface area contributed by atoms with Crippen LogP contribution in [0.3, 0.4) is 0 Å². The molecule has 1 aromatic carbocycles. The summed E-state index contributed by atoms with van der Waals surface area (Å²) in [6, 6.07) is 9.44. The molecule has 5 heteroatoms. The van der Waals surface area contributed by atoms with Crippen LogP contribution in [0.2, 0.25) is 0 Å². The maximum Gasteiger partial charge on any atom is 0.223 e. The van der Waals surface area contributed by atoms with E-state index in [2.05, 4.69) is 10.6 Å². The molecular formula is C18H28N2O3. The number of rotatable bonds is 9. The third kappa shape index (κ3) is 7.01. The van der Waals surface area contributed by atoms with Gasteiger partial charge in [0.05, 0.1) is 0 Å². The van der Waals surface area contributed by atoms with Gasteiger partial charge in [-0.05, 0) is 25.0 Å². The Bertz CT molecular complexity index is 447. The van der Waals surface area contributed by atoms with Crippen molar-refractivity contribution in [1.82, 2.24) is 10.6 Å². The van der Waals surface area contributed by atoms with Crippen molar-refractivity contribution in [3.8, 4) is 5.75 Å². The van der Waals surface area contributed by atoms with Crippen LogP contribution < -0.4 is 15.4 Å². The molecule has 3 N–H and O–H groups in total. The van der Waals surface area contributed by atoms with Crippen LogP contribution in [0.1, 0.15) is 32.1 Å². The molecule has 5 nitrogen and oxygen atoms in total. The summed E-state index contributed by atoms with van der Waals surface area (Å²) in [7, 11) is 0. The van der Waals surface area contributed by atoms with Crippen LogP contribution >= 0.6 is 0 Å². The van der Waals surface area contributed by atoms with Gasteiger partial charge in [0.15, 0.2) is 0 Å². The molecule has 0 heterocycles. The second-order valence-electron chi connectivity index (χ2n) is 6.11. The maximum absolute atomic E-state index is 11.9. The number of carbonyl (C=O) groups is 1. The maximum atomic E-state index is 11.9. The number of para-hydroxylation sites is 1. The average Bonchev–Trinajstić information content (AvgIpc) is 2.61. The van der Waals surface area contributed by atoms with Crippen LogP contribution in [0.5, 0.6) is 5.75 Å². The summed E-state index contributed by atoms with van der Waals surface area (Å²) in [5, 5.41) is 16.0. The van der Waals surface area contributed by atoms with Crippen molar-refractivity contribution in [3.05, 3.63) is 30.3 Å². The third-order valence-corrected chi connectivity index (χ3v) is 4.14. The number of benzene rings is 1. The smallest absolute Gasteiger partial charge is 0.223 e. The third-order valence-electron chi connectivity index (χ3n) is 4.14. The van der Waals surface area contributed by atoms with Gasteiger partial charge < -0.3 is 20.5 Å². The molecule has 0 aromatic heterocycles. The zero-order valence-electron chi connectivity index (χ0n) is 13.7. The van der Waals surface area contributed by atoms with Gasteiger partial charge in [-0.1, -0.05) is 37.5 Å². The van der Waals surface area contributed by atoms with Crippen LogP contribution in [-0.2, 0) is 4.79 Å². The average molecular weight is 320 g/mol. The van der Waals surface area contributed by atoms with Gasteiger partial charge >= 0.3 is 0 Å². The van der Waals surface area contributed by atoms with Gasteiger partial charge in [0.25, 0.3) is 0 Å². The highest BCUT2D eigenvalue weighted by Crippen LogP contribution is 2.23. The van der Waals surface area contributed by atoms with E-state index in [1.807, 2.05) is 30.3 Å². The molecule has 2 rings (SSSR count). The molecule has 1 aliphatic rings. The van der Waals surface area contributed by atoms with E-state index in [0.29, 0.717) is 19.6 Å². The first-order valence-electron chi connectivity index (χ1n) is 8.60. The monoisotopic (exact) mass is 320 g/mol. The highest BCUT2D eigenvalue weighted by atomic mass is 16.5. The molecule has 1 saturated carbocycles. The predicted octanol–water partition coefficient (Wildman–Crippen LogP) is 1.71. The SMILES string of the molecule is O=C(NCCNC[C@H](O)COc1ccccc1)C1CCCCC1. The summed E-state index contributed by atoms with van der Waals surface area (Å²) in [6.45, 7) is 1.96. The quantitative estimate of drug-likeness (QED) is 0.606. The Balaban J connectivity index is 1.48. The van der Waals surface area contributed by atoms with E-state index in [4.69, 9.17) is 4.74 Å². The van der Waals surface area contributed by atoms with E-state index < -0.39 is 6.10 Å². The van der Waals surface area contributed by atoms with Gasteiger partial charge in [-0.25, -0.2) is 0 Å². The molecule has 0 spiro atoms. The molecule has 0 saturated heterocycles. The van der Waals surface area contributed by atoms with Crippen molar-refractivity contribution in [2.24, 2.45) is 5.92 Å². The van der Waals surface area contributed by atoms with Crippen LogP contribution in [0, 0.1) is 5.92 Å². The molecule has 1 amide bonds. The molecule has 0 bridgehead atoms. The lowest BCUT2D eigenvalue weighted by atomic mass is 9.89. The van der Waals surface area contributed by atoms with Crippen LogP contribution in [0.15, 0.2) is 30.3 Å². The molecule has 1 aromatic rings. The lowest BCUT2D eigenvalue weighted by Crippen LogP contribution is -2.39. The van der Waals surface area contributed by atoms with Crippen molar-refractivity contribution in [2.45, 2.75) is 38.2 Å². The minimum Gasteiger partial charge on any atom is -0.491 e. The topological polar surface area (TPSA) is 70.6 Å². The molecule has 128 valence electrons. The van der Waals surface area contributed by atoms with Gasteiger partial charge in [-0.3, -0.25) is 4.79 Å². The normalized spacial score (nSPS) is 16.7. The van der Waals surface area contributed by atoms with Crippen molar-refractivity contribution in [3.63, 3.8) is 0 Å². The zero-order valence-corrected chi connectivity index (χ0v) is 13.7. The fourth-order valence-electron chi connectivity index (χ4n) is 2.82. The van der Waals surface area contributed by atoms with E-state index in [0.717, 1.165) is 18.6 Å². The van der Waals surface area contributed by atoms with Gasteiger partial charge in [0, 0.05) is 25.6 Å². The van der Waals surface area contributed by atoms with Gasteiger partial charge in [0.2, 0.25) is 5.91 Å². The van der Waals surface area contributed by atoms with E-state index in [9.17, 15) is 9.90 Å². The number of aliphatic hydroxyl groups excluding tert-OH is 1. The van der Waals surface area contributed by atoms with E-state index in [1.165, 1.54) is 19.3 Å². The first-order valence-corrected chi connectivity index (χ1v) is 8.60.